The van der Waals surface area contributed by atoms with Gasteiger partial charge in [0.1, 0.15) is 0 Å². The van der Waals surface area contributed by atoms with Gasteiger partial charge in [0.25, 0.3) is 0 Å². The van der Waals surface area contributed by atoms with Crippen LogP contribution in [0.25, 0.3) is 16.7 Å². The molecule has 0 heterocycles. The molecule has 0 saturated carbocycles. The van der Waals surface area contributed by atoms with Crippen molar-refractivity contribution in [2.24, 2.45) is 5.92 Å². The number of fused-ring (bicyclic) bond motifs is 5. The first-order valence-electron chi connectivity index (χ1n) is 8.55. The van der Waals surface area contributed by atoms with Crippen molar-refractivity contribution in [2.45, 2.75) is 30.3 Å². The minimum Gasteiger partial charge on any atom is -1.00 e. The monoisotopic (exact) mass is 443 g/mol. The van der Waals surface area contributed by atoms with Crippen molar-refractivity contribution in [3.63, 3.8) is 0 Å². The zero-order valence-electron chi connectivity index (χ0n) is 14.4. The molecule has 0 bridgehead atoms. The molecule has 3 heteroatoms. The first-order valence-corrected chi connectivity index (χ1v) is 9.97. The summed E-state index contributed by atoms with van der Waals surface area (Å²) in [4.78, 5) is 0. The topological polar surface area (TPSA) is 0 Å². The average Bonchev–Trinajstić information content (AvgIpc) is 2.98. The molecule has 0 amide bonds. The third-order valence-corrected chi connectivity index (χ3v) is 7.35. The molecule has 0 spiro atoms. The average molecular weight is 446 g/mol. The molecule has 0 nitrogen and oxygen atoms in total. The molecule has 5 rings (SSSR count). The molecule has 2 unspecified atom stereocenters. The summed E-state index contributed by atoms with van der Waals surface area (Å²) < 4.78 is 0.644. The van der Waals surface area contributed by atoms with Crippen LogP contribution in [0.1, 0.15) is 45.3 Å². The number of hydrogen-bond donors (Lipinski definition) is 0. The molecule has 0 aliphatic heterocycles. The van der Waals surface area contributed by atoms with Gasteiger partial charge in [-0.05, 0) is 0 Å². The first-order chi connectivity index (χ1) is 11.2. The summed E-state index contributed by atoms with van der Waals surface area (Å²) >= 11 is 1.62. The summed E-state index contributed by atoms with van der Waals surface area (Å²) in [6.07, 6.45) is 7.20. The van der Waals surface area contributed by atoms with Crippen molar-refractivity contribution in [1.29, 1.82) is 0 Å². The van der Waals surface area contributed by atoms with Gasteiger partial charge in [0, 0.05) is 0 Å². The van der Waals surface area contributed by atoms with Crippen molar-refractivity contribution in [3.05, 3.63) is 75.9 Å². The van der Waals surface area contributed by atoms with Crippen molar-refractivity contribution in [1.82, 2.24) is 0 Å². The molecule has 2 aromatic rings. The van der Waals surface area contributed by atoms with Crippen LogP contribution < -0.4 is 24.8 Å². The van der Waals surface area contributed by atoms with Gasteiger partial charge < -0.3 is 24.8 Å². The smallest absolute Gasteiger partial charge is 1.00 e. The van der Waals surface area contributed by atoms with Crippen LogP contribution in [0, 0.1) is 5.92 Å². The number of hydrogen-bond acceptors (Lipinski definition) is 0. The van der Waals surface area contributed by atoms with E-state index in [4.69, 9.17) is 0 Å². The second-order valence-corrected chi connectivity index (χ2v) is 8.53. The van der Waals surface area contributed by atoms with Crippen molar-refractivity contribution in [2.75, 3.05) is 0 Å². The van der Waals surface area contributed by atoms with Crippen molar-refractivity contribution < 1.29 is 49.5 Å². The molecule has 25 heavy (non-hydrogen) atoms. The maximum Gasteiger partial charge on any atom is -1.00 e. The molecular formula is C22H19Cl2Zr. The van der Waals surface area contributed by atoms with Crippen LogP contribution in [0.3, 0.4) is 0 Å². The summed E-state index contributed by atoms with van der Waals surface area (Å²) in [6.45, 7) is 4.61. The van der Waals surface area contributed by atoms with Gasteiger partial charge in [-0.15, -0.1) is 0 Å². The van der Waals surface area contributed by atoms with E-state index in [-0.39, 0.29) is 24.8 Å². The summed E-state index contributed by atoms with van der Waals surface area (Å²) in [6, 6.07) is 11.6. The van der Waals surface area contributed by atoms with Gasteiger partial charge in [0.05, 0.1) is 0 Å². The summed E-state index contributed by atoms with van der Waals surface area (Å²) in [5.74, 6) is 0.554. The standard InChI is InChI=1S/C22H19.2ClH.Zr/c1-13-7-8-14(2)22(13)21-12-20-16-6-4-3-5-15(16)11-19(20)17-9-10-18(17)21;;;/h3-8,11-13H,9-10H2,1-2H3;2*1H;/q;;;+2/p-2. The Bertz CT molecular complexity index is 924. The Morgan fingerprint density at radius 2 is 1.68 bits per heavy atom. The maximum atomic E-state index is 2.53. The third-order valence-electron chi connectivity index (χ3n) is 5.87. The second-order valence-electron chi connectivity index (χ2n) is 7.11. The molecular weight excluding hydrogens is 426 g/mol. The minimum absolute atomic E-state index is 0. The van der Waals surface area contributed by atoms with Gasteiger partial charge in [-0.25, -0.2) is 0 Å². The number of benzene rings is 2. The molecule has 2 aromatic carbocycles. The van der Waals surface area contributed by atoms with Gasteiger partial charge >= 0.3 is 154 Å². The predicted molar refractivity (Wildman–Crippen MR) is 92.0 cm³/mol. The Kier molecular flexibility index (Phi) is 5.24. The Hall–Kier alpha value is -0.617. The Balaban J connectivity index is 0.000000911. The number of allylic oxidation sites excluding steroid dienone is 4. The van der Waals surface area contributed by atoms with Crippen molar-refractivity contribution >= 4 is 5.57 Å². The molecule has 0 saturated heterocycles. The van der Waals surface area contributed by atoms with E-state index in [0.29, 0.717) is 9.54 Å². The van der Waals surface area contributed by atoms with Gasteiger partial charge in [-0.3, -0.25) is 0 Å². The fourth-order valence-electron chi connectivity index (χ4n) is 4.68. The van der Waals surface area contributed by atoms with Crippen LogP contribution in [0.2, 0.25) is 0 Å². The predicted octanol–water partition coefficient (Wildman–Crippen LogP) is -0.611. The van der Waals surface area contributed by atoms with Crippen LogP contribution in [0.4, 0.5) is 0 Å². The molecule has 0 aromatic heterocycles. The van der Waals surface area contributed by atoms with Crippen LogP contribution in [-0.2, 0) is 37.6 Å². The molecule has 3 aliphatic carbocycles. The van der Waals surface area contributed by atoms with Crippen LogP contribution in [0.15, 0.2) is 48.1 Å². The van der Waals surface area contributed by atoms with E-state index in [1.165, 1.54) is 29.5 Å². The molecule has 0 fully saturated rings. The molecule has 125 valence electrons. The number of halogens is 2. The molecule has 3 aliphatic rings. The van der Waals surface area contributed by atoms with E-state index in [0.717, 1.165) is 0 Å². The van der Waals surface area contributed by atoms with E-state index in [2.05, 4.69) is 56.3 Å². The Morgan fingerprint density at radius 3 is 2.32 bits per heavy atom. The van der Waals surface area contributed by atoms with Crippen LogP contribution >= 0.6 is 0 Å². The first kappa shape index (κ1) is 19.2. The van der Waals surface area contributed by atoms with E-state index >= 15 is 0 Å². The third kappa shape index (κ3) is 2.58. The SMILES string of the molecule is CC1=C(c2cc3c(c4c2CC4)[CH]([Zr+2])c2ccccc2-3)C(C)C=C1.[Cl-].[Cl-]. The van der Waals surface area contributed by atoms with E-state index < -0.39 is 0 Å². The molecule has 0 radical (unpaired) electrons. The maximum absolute atomic E-state index is 2.53. The van der Waals surface area contributed by atoms with Gasteiger partial charge in [0.15, 0.2) is 0 Å². The summed E-state index contributed by atoms with van der Waals surface area (Å²) in [7, 11) is 0. The normalized spacial score (nSPS) is 21.8. The quantitative estimate of drug-likeness (QED) is 0.550. The van der Waals surface area contributed by atoms with E-state index in [1.54, 1.807) is 58.1 Å². The van der Waals surface area contributed by atoms with Crippen LogP contribution in [0.5, 0.6) is 0 Å². The summed E-state index contributed by atoms with van der Waals surface area (Å²) in [5, 5.41) is 0. The summed E-state index contributed by atoms with van der Waals surface area (Å²) in [5.41, 5.74) is 14.1. The molecule has 0 N–H and O–H groups in total. The number of rotatable bonds is 1. The second kappa shape index (κ2) is 6.84. The minimum atomic E-state index is 0. The fraction of sp³-hybridized carbons (Fsp3) is 0.273. The largest absolute Gasteiger partial charge is 1.00 e. The van der Waals surface area contributed by atoms with Crippen LogP contribution in [-0.4, -0.2) is 0 Å². The Labute approximate surface area is 177 Å². The van der Waals surface area contributed by atoms with E-state index in [1.807, 2.05) is 0 Å². The van der Waals surface area contributed by atoms with Gasteiger partial charge in [-0.2, -0.15) is 0 Å². The van der Waals surface area contributed by atoms with Gasteiger partial charge in [-0.1, -0.05) is 0 Å². The van der Waals surface area contributed by atoms with Gasteiger partial charge in [0.2, 0.25) is 0 Å². The zero-order chi connectivity index (χ0) is 15.7. The molecule has 2 atom stereocenters. The van der Waals surface area contributed by atoms with Crippen molar-refractivity contribution in [3.8, 4) is 11.1 Å². The zero-order valence-corrected chi connectivity index (χ0v) is 18.3. The Morgan fingerprint density at radius 1 is 0.960 bits per heavy atom. The fourth-order valence-corrected chi connectivity index (χ4v) is 6.10. The van der Waals surface area contributed by atoms with E-state index in [9.17, 15) is 0 Å².